The summed E-state index contributed by atoms with van der Waals surface area (Å²) in [5, 5.41) is 0. The van der Waals surface area contributed by atoms with Crippen LogP contribution in [0.15, 0.2) is 4.42 Å². The molecule has 0 spiro atoms. The zero-order valence-corrected chi connectivity index (χ0v) is 7.92. The normalized spacial score (nSPS) is 11.1. The number of nitrogens with zero attached hydrogens (tertiary/aromatic N) is 1. The lowest BCUT2D eigenvalue weighted by molar-refractivity contribution is 0.429. The second-order valence-corrected chi connectivity index (χ2v) is 3.42. The van der Waals surface area contributed by atoms with Crippen LogP contribution in [0, 0.1) is 12.8 Å². The number of rotatable bonds is 3. The molecule has 1 rings (SSSR count). The molecular formula is C9H16N2O. The highest BCUT2D eigenvalue weighted by Gasteiger charge is 2.08. The summed E-state index contributed by atoms with van der Waals surface area (Å²) < 4.78 is 5.44. The van der Waals surface area contributed by atoms with Gasteiger partial charge in [0, 0.05) is 6.42 Å². The zero-order chi connectivity index (χ0) is 9.14. The Balaban J connectivity index is 2.75. The topological polar surface area (TPSA) is 52.0 Å². The molecule has 0 bridgehead atoms. The Morgan fingerprint density at radius 3 is 2.58 bits per heavy atom. The van der Waals surface area contributed by atoms with E-state index >= 15 is 0 Å². The van der Waals surface area contributed by atoms with Crippen LogP contribution in [0.3, 0.4) is 0 Å². The molecule has 1 aromatic rings. The van der Waals surface area contributed by atoms with Gasteiger partial charge < -0.3 is 10.2 Å². The summed E-state index contributed by atoms with van der Waals surface area (Å²) in [6.45, 7) is 6.65. The van der Waals surface area contributed by atoms with Crippen LogP contribution in [0.4, 0.5) is 0 Å². The molecule has 0 atom stereocenters. The number of aryl methyl sites for hydroxylation is 1. The maximum atomic E-state index is 5.46. The first kappa shape index (κ1) is 9.26. The summed E-state index contributed by atoms with van der Waals surface area (Å²) in [6.07, 6.45) is 0.890. The highest BCUT2D eigenvalue weighted by molar-refractivity contribution is 5.07. The zero-order valence-electron chi connectivity index (χ0n) is 7.92. The van der Waals surface area contributed by atoms with Crippen LogP contribution in [0.5, 0.6) is 0 Å². The van der Waals surface area contributed by atoms with Crippen LogP contribution in [-0.2, 0) is 13.0 Å². The number of hydrogen-bond donors (Lipinski definition) is 1. The molecular weight excluding hydrogens is 152 g/mol. The molecule has 0 saturated heterocycles. The van der Waals surface area contributed by atoms with Crippen LogP contribution in [-0.4, -0.2) is 4.98 Å². The molecule has 0 aliphatic heterocycles. The number of aromatic nitrogens is 1. The first-order chi connectivity index (χ1) is 5.63. The predicted octanol–water partition coefficient (Wildman–Crippen LogP) is 1.64. The van der Waals surface area contributed by atoms with E-state index in [0.717, 1.165) is 23.8 Å². The van der Waals surface area contributed by atoms with Crippen molar-refractivity contribution in [2.75, 3.05) is 0 Å². The van der Waals surface area contributed by atoms with Crippen LogP contribution >= 0.6 is 0 Å². The smallest absolute Gasteiger partial charge is 0.194 e. The highest BCUT2D eigenvalue weighted by Crippen LogP contribution is 2.12. The molecule has 0 radical (unpaired) electrons. The summed E-state index contributed by atoms with van der Waals surface area (Å²) in [7, 11) is 0. The minimum Gasteiger partial charge on any atom is -0.444 e. The van der Waals surface area contributed by atoms with E-state index in [-0.39, 0.29) is 0 Å². The minimum absolute atomic E-state index is 0.441. The van der Waals surface area contributed by atoms with E-state index in [1.165, 1.54) is 0 Å². The van der Waals surface area contributed by atoms with Crippen molar-refractivity contribution in [1.29, 1.82) is 0 Å². The third kappa shape index (κ3) is 2.08. The van der Waals surface area contributed by atoms with Crippen LogP contribution in [0.2, 0.25) is 0 Å². The fraction of sp³-hybridized carbons (Fsp3) is 0.667. The Bertz CT molecular complexity index is 253. The van der Waals surface area contributed by atoms with E-state index in [0.29, 0.717) is 12.5 Å². The second kappa shape index (κ2) is 3.72. The largest absolute Gasteiger partial charge is 0.444 e. The molecule has 0 fully saturated rings. The number of hydrogen-bond acceptors (Lipinski definition) is 3. The van der Waals surface area contributed by atoms with Gasteiger partial charge in [0.1, 0.15) is 5.76 Å². The van der Waals surface area contributed by atoms with Gasteiger partial charge in [0.15, 0.2) is 5.89 Å². The van der Waals surface area contributed by atoms with Gasteiger partial charge in [0.2, 0.25) is 0 Å². The Labute approximate surface area is 73.0 Å². The van der Waals surface area contributed by atoms with Crippen molar-refractivity contribution < 1.29 is 4.42 Å². The average Bonchev–Trinajstić information content (AvgIpc) is 2.29. The van der Waals surface area contributed by atoms with Crippen LogP contribution in [0.1, 0.15) is 31.2 Å². The van der Waals surface area contributed by atoms with Gasteiger partial charge in [-0.1, -0.05) is 13.8 Å². The van der Waals surface area contributed by atoms with Gasteiger partial charge in [-0.15, -0.1) is 0 Å². The fourth-order valence-corrected chi connectivity index (χ4v) is 1.11. The lowest BCUT2D eigenvalue weighted by Crippen LogP contribution is -1.95. The number of oxazole rings is 1. The molecule has 3 heteroatoms. The van der Waals surface area contributed by atoms with E-state index in [1.807, 2.05) is 6.92 Å². The van der Waals surface area contributed by atoms with Gasteiger partial charge in [-0.3, -0.25) is 0 Å². The highest BCUT2D eigenvalue weighted by atomic mass is 16.4. The Kier molecular flexibility index (Phi) is 2.87. The van der Waals surface area contributed by atoms with E-state index < -0.39 is 0 Å². The molecule has 0 aliphatic carbocycles. The quantitative estimate of drug-likeness (QED) is 0.746. The lowest BCUT2D eigenvalue weighted by Gasteiger charge is -1.97. The average molecular weight is 168 g/mol. The van der Waals surface area contributed by atoms with Crippen molar-refractivity contribution in [2.45, 2.75) is 33.7 Å². The number of nitrogens with two attached hydrogens (primary N) is 1. The summed E-state index contributed by atoms with van der Waals surface area (Å²) in [6, 6.07) is 0. The minimum atomic E-state index is 0.441. The van der Waals surface area contributed by atoms with Gasteiger partial charge in [-0.05, 0) is 12.8 Å². The molecule has 0 aromatic carbocycles. The van der Waals surface area contributed by atoms with Crippen molar-refractivity contribution in [2.24, 2.45) is 11.7 Å². The molecule has 1 heterocycles. The third-order valence-corrected chi connectivity index (χ3v) is 1.71. The summed E-state index contributed by atoms with van der Waals surface area (Å²) >= 11 is 0. The van der Waals surface area contributed by atoms with E-state index in [4.69, 9.17) is 10.2 Å². The lowest BCUT2D eigenvalue weighted by atomic mass is 10.1. The molecule has 12 heavy (non-hydrogen) atoms. The van der Waals surface area contributed by atoms with Crippen molar-refractivity contribution in [3.8, 4) is 0 Å². The SMILES string of the molecule is Cc1nc(CC(C)C)oc1CN. The van der Waals surface area contributed by atoms with E-state index in [2.05, 4.69) is 18.8 Å². The molecule has 3 nitrogen and oxygen atoms in total. The maximum Gasteiger partial charge on any atom is 0.194 e. The Morgan fingerprint density at radius 1 is 1.50 bits per heavy atom. The summed E-state index contributed by atoms with van der Waals surface area (Å²) in [5.74, 6) is 2.20. The fourth-order valence-electron chi connectivity index (χ4n) is 1.11. The molecule has 68 valence electrons. The van der Waals surface area contributed by atoms with Crippen molar-refractivity contribution in [3.05, 3.63) is 17.3 Å². The van der Waals surface area contributed by atoms with E-state index in [9.17, 15) is 0 Å². The summed E-state index contributed by atoms with van der Waals surface area (Å²) in [5.41, 5.74) is 6.39. The van der Waals surface area contributed by atoms with Crippen molar-refractivity contribution in [1.82, 2.24) is 4.98 Å². The van der Waals surface area contributed by atoms with Gasteiger partial charge in [0.25, 0.3) is 0 Å². The standard InChI is InChI=1S/C9H16N2O/c1-6(2)4-9-11-7(3)8(5-10)12-9/h6H,4-5,10H2,1-3H3. The van der Waals surface area contributed by atoms with Gasteiger partial charge in [-0.25, -0.2) is 4.98 Å². The van der Waals surface area contributed by atoms with Crippen molar-refractivity contribution >= 4 is 0 Å². The monoisotopic (exact) mass is 168 g/mol. The molecule has 2 N–H and O–H groups in total. The molecule has 0 unspecified atom stereocenters. The first-order valence-corrected chi connectivity index (χ1v) is 4.28. The van der Waals surface area contributed by atoms with Gasteiger partial charge in [-0.2, -0.15) is 0 Å². The van der Waals surface area contributed by atoms with Crippen LogP contribution in [0.25, 0.3) is 0 Å². The van der Waals surface area contributed by atoms with Gasteiger partial charge in [0.05, 0.1) is 12.2 Å². The Hall–Kier alpha value is -0.830. The molecule has 0 amide bonds. The molecule has 0 aliphatic rings. The van der Waals surface area contributed by atoms with E-state index in [1.54, 1.807) is 0 Å². The third-order valence-electron chi connectivity index (χ3n) is 1.71. The first-order valence-electron chi connectivity index (χ1n) is 4.28. The Morgan fingerprint density at radius 2 is 2.17 bits per heavy atom. The summed E-state index contributed by atoms with van der Waals surface area (Å²) in [4.78, 5) is 4.27. The second-order valence-electron chi connectivity index (χ2n) is 3.42. The maximum absolute atomic E-state index is 5.46. The molecule has 1 aromatic heterocycles. The van der Waals surface area contributed by atoms with Crippen molar-refractivity contribution in [3.63, 3.8) is 0 Å². The molecule has 0 saturated carbocycles. The van der Waals surface area contributed by atoms with Crippen LogP contribution < -0.4 is 5.73 Å². The predicted molar refractivity (Wildman–Crippen MR) is 47.7 cm³/mol. The van der Waals surface area contributed by atoms with Gasteiger partial charge >= 0.3 is 0 Å².